The Hall–Kier alpha value is -1.36. The van der Waals surface area contributed by atoms with Crippen LogP contribution < -0.4 is 5.32 Å². The average molecular weight is 225 g/mol. The number of hydrogen-bond acceptors (Lipinski definition) is 3. The molecule has 16 heavy (non-hydrogen) atoms. The number of amides is 1. The average Bonchev–Trinajstić information content (AvgIpc) is 2.69. The van der Waals surface area contributed by atoms with Crippen LogP contribution >= 0.6 is 0 Å². The zero-order chi connectivity index (χ0) is 11.8. The highest BCUT2D eigenvalue weighted by Gasteiger charge is 2.09. The van der Waals surface area contributed by atoms with Gasteiger partial charge in [-0.1, -0.05) is 6.92 Å². The zero-order valence-corrected chi connectivity index (χ0v) is 9.88. The molecule has 2 N–H and O–H groups in total. The van der Waals surface area contributed by atoms with E-state index in [2.05, 4.69) is 22.4 Å². The highest BCUT2D eigenvalue weighted by molar-refractivity contribution is 5.94. The van der Waals surface area contributed by atoms with Gasteiger partial charge in [-0.15, -0.1) is 0 Å². The fourth-order valence-electron chi connectivity index (χ4n) is 1.30. The highest BCUT2D eigenvalue weighted by atomic mass is 16.5. The highest BCUT2D eigenvalue weighted by Crippen LogP contribution is 2.01. The normalized spacial score (nSPS) is 10.4. The molecule has 0 radical (unpaired) electrons. The molecule has 0 aliphatic rings. The van der Waals surface area contributed by atoms with Gasteiger partial charge in [0.2, 0.25) is 0 Å². The number of aromatic nitrogens is 2. The maximum atomic E-state index is 11.6. The van der Waals surface area contributed by atoms with Crippen molar-refractivity contribution in [3.8, 4) is 0 Å². The molecule has 0 unspecified atom stereocenters. The Kier molecular flexibility index (Phi) is 5.56. The van der Waals surface area contributed by atoms with Crippen LogP contribution in [0.4, 0.5) is 0 Å². The van der Waals surface area contributed by atoms with Crippen LogP contribution in [0, 0.1) is 6.92 Å². The minimum Gasteiger partial charge on any atom is -0.381 e. The first kappa shape index (κ1) is 12.7. The molecule has 5 heteroatoms. The van der Waals surface area contributed by atoms with E-state index in [4.69, 9.17) is 4.74 Å². The lowest BCUT2D eigenvalue weighted by atomic mass is 10.2. The van der Waals surface area contributed by atoms with Crippen LogP contribution in [-0.4, -0.2) is 35.9 Å². The summed E-state index contributed by atoms with van der Waals surface area (Å²) in [5.41, 5.74) is 1.40. The van der Waals surface area contributed by atoms with Crippen molar-refractivity contribution in [1.82, 2.24) is 15.5 Å². The Balaban J connectivity index is 2.14. The molecule has 1 aromatic heterocycles. The summed E-state index contributed by atoms with van der Waals surface area (Å²) in [6, 6.07) is 0. The Bertz CT molecular complexity index is 323. The number of H-pyrrole nitrogens is 1. The number of aromatic amines is 1. The van der Waals surface area contributed by atoms with Gasteiger partial charge in [-0.3, -0.25) is 9.89 Å². The molecule has 0 bridgehead atoms. The molecular weight excluding hydrogens is 206 g/mol. The second-order valence-electron chi connectivity index (χ2n) is 3.63. The molecule has 1 heterocycles. The second kappa shape index (κ2) is 7.00. The van der Waals surface area contributed by atoms with Gasteiger partial charge in [0.05, 0.1) is 11.8 Å². The quantitative estimate of drug-likeness (QED) is 0.687. The van der Waals surface area contributed by atoms with E-state index in [0.717, 1.165) is 25.1 Å². The number of ether oxygens (including phenoxy) is 1. The third-order valence-corrected chi connectivity index (χ3v) is 2.17. The second-order valence-corrected chi connectivity index (χ2v) is 3.63. The Morgan fingerprint density at radius 2 is 2.38 bits per heavy atom. The first-order chi connectivity index (χ1) is 7.75. The maximum Gasteiger partial charge on any atom is 0.254 e. The maximum absolute atomic E-state index is 11.6. The van der Waals surface area contributed by atoms with E-state index in [1.165, 1.54) is 6.20 Å². The van der Waals surface area contributed by atoms with Crippen LogP contribution in [0.15, 0.2) is 6.20 Å². The molecule has 1 aromatic rings. The first-order valence-electron chi connectivity index (χ1n) is 5.61. The number of nitrogens with one attached hydrogen (secondary N) is 2. The molecule has 5 nitrogen and oxygen atoms in total. The minimum atomic E-state index is -0.0817. The summed E-state index contributed by atoms with van der Waals surface area (Å²) in [5, 5.41) is 9.36. The predicted molar refractivity (Wildman–Crippen MR) is 61.4 cm³/mol. The lowest BCUT2D eigenvalue weighted by molar-refractivity contribution is 0.0941. The summed E-state index contributed by atoms with van der Waals surface area (Å²) in [4.78, 5) is 11.6. The van der Waals surface area contributed by atoms with E-state index in [1.807, 2.05) is 6.92 Å². The molecule has 0 aromatic carbocycles. The van der Waals surface area contributed by atoms with Gasteiger partial charge in [-0.05, 0) is 19.8 Å². The van der Waals surface area contributed by atoms with Crippen molar-refractivity contribution in [3.05, 3.63) is 17.5 Å². The van der Waals surface area contributed by atoms with E-state index in [9.17, 15) is 4.79 Å². The molecular formula is C11H19N3O2. The summed E-state index contributed by atoms with van der Waals surface area (Å²) in [7, 11) is 0. The first-order valence-corrected chi connectivity index (χ1v) is 5.61. The number of carbonyl (C=O) groups excluding carboxylic acids is 1. The third kappa shape index (κ3) is 4.02. The number of carbonyl (C=O) groups is 1. The molecule has 0 aliphatic heterocycles. The van der Waals surface area contributed by atoms with Crippen LogP contribution in [0.5, 0.6) is 0 Å². The van der Waals surface area contributed by atoms with Crippen LogP contribution in [-0.2, 0) is 4.74 Å². The van der Waals surface area contributed by atoms with Gasteiger partial charge in [0.15, 0.2) is 0 Å². The molecule has 0 fully saturated rings. The van der Waals surface area contributed by atoms with Gasteiger partial charge >= 0.3 is 0 Å². The summed E-state index contributed by atoms with van der Waals surface area (Å²) < 4.78 is 5.31. The molecule has 0 spiro atoms. The van der Waals surface area contributed by atoms with Gasteiger partial charge in [-0.2, -0.15) is 5.10 Å². The van der Waals surface area contributed by atoms with E-state index in [1.54, 1.807) is 0 Å². The van der Waals surface area contributed by atoms with Crippen LogP contribution in [0.1, 0.15) is 35.8 Å². The molecule has 0 saturated heterocycles. The van der Waals surface area contributed by atoms with Crippen molar-refractivity contribution in [1.29, 1.82) is 0 Å². The Labute approximate surface area is 95.6 Å². The molecule has 1 rings (SSSR count). The minimum absolute atomic E-state index is 0.0817. The van der Waals surface area contributed by atoms with Gasteiger partial charge in [0.1, 0.15) is 0 Å². The van der Waals surface area contributed by atoms with E-state index < -0.39 is 0 Å². The van der Waals surface area contributed by atoms with E-state index in [0.29, 0.717) is 18.7 Å². The number of rotatable bonds is 7. The fourth-order valence-corrected chi connectivity index (χ4v) is 1.30. The van der Waals surface area contributed by atoms with E-state index in [-0.39, 0.29) is 5.91 Å². The van der Waals surface area contributed by atoms with Crippen molar-refractivity contribution < 1.29 is 9.53 Å². The predicted octanol–water partition coefficient (Wildman–Crippen LogP) is 1.26. The summed E-state index contributed by atoms with van der Waals surface area (Å²) in [6.45, 7) is 6.01. The topological polar surface area (TPSA) is 67.0 Å². The summed E-state index contributed by atoms with van der Waals surface area (Å²) in [6.07, 6.45) is 3.40. The standard InChI is InChI=1S/C11H19N3O2/c1-3-6-16-7-4-5-12-11(15)10-8-13-14-9(10)2/h8H,3-7H2,1-2H3,(H,12,15)(H,13,14). The van der Waals surface area contributed by atoms with Gasteiger partial charge in [0, 0.05) is 25.5 Å². The SMILES string of the molecule is CCCOCCCNC(=O)c1cn[nH]c1C. The molecule has 1 amide bonds. The molecule has 0 saturated carbocycles. The summed E-state index contributed by atoms with van der Waals surface area (Å²) >= 11 is 0. The van der Waals surface area contributed by atoms with Gasteiger partial charge < -0.3 is 10.1 Å². The fraction of sp³-hybridized carbons (Fsp3) is 0.636. The van der Waals surface area contributed by atoms with Gasteiger partial charge in [-0.25, -0.2) is 0 Å². The van der Waals surface area contributed by atoms with Crippen molar-refractivity contribution in [2.75, 3.05) is 19.8 Å². The van der Waals surface area contributed by atoms with Crippen molar-refractivity contribution in [3.63, 3.8) is 0 Å². The molecule has 90 valence electrons. The summed E-state index contributed by atoms with van der Waals surface area (Å²) in [5.74, 6) is -0.0817. The number of nitrogens with zero attached hydrogens (tertiary/aromatic N) is 1. The smallest absolute Gasteiger partial charge is 0.254 e. The van der Waals surface area contributed by atoms with Crippen molar-refractivity contribution in [2.45, 2.75) is 26.7 Å². The van der Waals surface area contributed by atoms with Crippen LogP contribution in [0.25, 0.3) is 0 Å². The number of hydrogen-bond donors (Lipinski definition) is 2. The molecule has 0 aliphatic carbocycles. The lowest BCUT2D eigenvalue weighted by Crippen LogP contribution is -2.25. The van der Waals surface area contributed by atoms with Gasteiger partial charge in [0.25, 0.3) is 5.91 Å². The van der Waals surface area contributed by atoms with Crippen molar-refractivity contribution in [2.24, 2.45) is 0 Å². The molecule has 0 atom stereocenters. The lowest BCUT2D eigenvalue weighted by Gasteiger charge is -2.04. The van der Waals surface area contributed by atoms with Crippen molar-refractivity contribution >= 4 is 5.91 Å². The van der Waals surface area contributed by atoms with E-state index >= 15 is 0 Å². The third-order valence-electron chi connectivity index (χ3n) is 2.17. The monoisotopic (exact) mass is 225 g/mol. The number of aryl methyl sites for hydroxylation is 1. The Morgan fingerprint density at radius 3 is 3.00 bits per heavy atom. The zero-order valence-electron chi connectivity index (χ0n) is 9.88. The Morgan fingerprint density at radius 1 is 1.56 bits per heavy atom. The van der Waals surface area contributed by atoms with Crippen LogP contribution in [0.2, 0.25) is 0 Å². The van der Waals surface area contributed by atoms with Crippen LogP contribution in [0.3, 0.4) is 0 Å². The largest absolute Gasteiger partial charge is 0.381 e.